The highest BCUT2D eigenvalue weighted by molar-refractivity contribution is 8.01. The topological polar surface area (TPSA) is 110 Å². The monoisotopic (exact) mass is 506 g/mol. The molecule has 1 aromatic carbocycles. The van der Waals surface area contributed by atoms with Crippen molar-refractivity contribution in [3.05, 3.63) is 33.8 Å². The molecule has 3 rings (SSSR count). The lowest BCUT2D eigenvalue weighted by Gasteiger charge is -2.03. The lowest BCUT2D eigenvalue weighted by Crippen LogP contribution is -2.13. The van der Waals surface area contributed by atoms with Crippen molar-refractivity contribution in [1.29, 1.82) is 0 Å². The Morgan fingerprint density at radius 1 is 1.00 bits per heavy atom. The van der Waals surface area contributed by atoms with Crippen molar-refractivity contribution < 1.29 is 9.59 Å². The summed E-state index contributed by atoms with van der Waals surface area (Å²) in [6, 6.07) is 4.59. The number of nitrogens with one attached hydrogen (secondary N) is 2. The predicted octanol–water partition coefficient (Wildman–Crippen LogP) is 4.79. The maximum Gasteiger partial charge on any atom is 0.259 e. The molecule has 0 spiro atoms. The van der Waals surface area contributed by atoms with Crippen molar-refractivity contribution in [3.8, 4) is 0 Å². The summed E-state index contributed by atoms with van der Waals surface area (Å²) in [4.78, 5) is 24.3. The Bertz CT molecular complexity index is 1030. The zero-order valence-corrected chi connectivity index (χ0v) is 19.4. The number of amides is 2. The summed E-state index contributed by atoms with van der Waals surface area (Å²) in [5.41, 5.74) is 0.275. The van der Waals surface area contributed by atoms with Gasteiger partial charge in [-0.1, -0.05) is 76.3 Å². The number of hydrogen-bond donors (Lipinski definition) is 2. The Hall–Kier alpha value is -1.44. The molecule has 0 radical (unpaired) electrons. The molecule has 152 valence electrons. The molecule has 29 heavy (non-hydrogen) atoms. The first kappa shape index (κ1) is 22.2. The molecule has 0 aliphatic rings. The van der Waals surface area contributed by atoms with E-state index in [1.165, 1.54) is 35.2 Å². The fourth-order valence-electron chi connectivity index (χ4n) is 1.88. The molecule has 2 N–H and O–H groups in total. The molecule has 0 saturated heterocycles. The number of thioether (sulfide) groups is 2. The van der Waals surface area contributed by atoms with Gasteiger partial charge in [0.05, 0.1) is 16.3 Å². The van der Waals surface area contributed by atoms with E-state index in [9.17, 15) is 9.59 Å². The van der Waals surface area contributed by atoms with Crippen molar-refractivity contribution in [2.24, 2.45) is 0 Å². The zero-order valence-electron chi connectivity index (χ0n) is 14.6. The molecule has 8 nitrogen and oxygen atoms in total. The minimum Gasteiger partial charge on any atom is -0.300 e. The summed E-state index contributed by atoms with van der Waals surface area (Å²) in [6.07, 6.45) is 0. The Morgan fingerprint density at radius 2 is 1.66 bits per heavy atom. The fourth-order valence-corrected chi connectivity index (χ4v) is 5.59. The average Bonchev–Trinajstić information content (AvgIpc) is 3.29. The molecular formula is C15H12Cl2N6O2S4. The second-order valence-corrected chi connectivity index (χ2v) is 10.6. The third-order valence-corrected chi connectivity index (χ3v) is 7.42. The van der Waals surface area contributed by atoms with Crippen molar-refractivity contribution in [1.82, 2.24) is 20.4 Å². The average molecular weight is 507 g/mol. The first-order valence-electron chi connectivity index (χ1n) is 7.93. The van der Waals surface area contributed by atoms with E-state index in [1.807, 2.05) is 6.92 Å². The molecule has 0 atom stereocenters. The van der Waals surface area contributed by atoms with E-state index in [0.717, 1.165) is 21.4 Å². The number of aromatic nitrogens is 4. The first-order chi connectivity index (χ1) is 13.9. The van der Waals surface area contributed by atoms with E-state index in [2.05, 4.69) is 31.0 Å². The maximum absolute atomic E-state index is 12.3. The van der Waals surface area contributed by atoms with Crippen molar-refractivity contribution in [3.63, 3.8) is 0 Å². The molecule has 0 fully saturated rings. The SMILES string of the molecule is CCSc1nnc(NC(=O)CSc2nnc(NC(=O)c3ccc(Cl)cc3Cl)s2)s1. The van der Waals surface area contributed by atoms with Crippen molar-refractivity contribution in [2.75, 3.05) is 22.1 Å². The van der Waals surface area contributed by atoms with Crippen LogP contribution in [0.4, 0.5) is 10.3 Å². The number of anilines is 2. The third-order valence-electron chi connectivity index (χ3n) is 3.05. The summed E-state index contributed by atoms with van der Waals surface area (Å²) in [7, 11) is 0. The fraction of sp³-hybridized carbons (Fsp3) is 0.200. The van der Waals surface area contributed by atoms with Crippen LogP contribution in [-0.2, 0) is 4.79 Å². The van der Waals surface area contributed by atoms with Gasteiger partial charge >= 0.3 is 0 Å². The number of nitrogens with zero attached hydrogens (tertiary/aromatic N) is 4. The highest BCUT2D eigenvalue weighted by Gasteiger charge is 2.15. The van der Waals surface area contributed by atoms with Crippen LogP contribution in [-0.4, -0.2) is 43.7 Å². The van der Waals surface area contributed by atoms with Crippen LogP contribution in [0.5, 0.6) is 0 Å². The van der Waals surface area contributed by atoms with Gasteiger partial charge in [-0.25, -0.2) is 0 Å². The smallest absolute Gasteiger partial charge is 0.259 e. The van der Waals surface area contributed by atoms with E-state index < -0.39 is 5.91 Å². The van der Waals surface area contributed by atoms with Crippen LogP contribution in [0, 0.1) is 0 Å². The quantitative estimate of drug-likeness (QED) is 0.331. The van der Waals surface area contributed by atoms with Crippen LogP contribution in [0.1, 0.15) is 17.3 Å². The molecule has 0 bridgehead atoms. The van der Waals surface area contributed by atoms with Gasteiger partial charge in [-0.05, 0) is 24.0 Å². The molecule has 3 aromatic rings. The molecule has 0 aliphatic heterocycles. The van der Waals surface area contributed by atoms with E-state index in [4.69, 9.17) is 23.2 Å². The van der Waals surface area contributed by atoms with Gasteiger partial charge in [-0.15, -0.1) is 20.4 Å². The van der Waals surface area contributed by atoms with Crippen LogP contribution in [0.3, 0.4) is 0 Å². The summed E-state index contributed by atoms with van der Waals surface area (Å²) in [6.45, 7) is 2.02. The third kappa shape index (κ3) is 6.52. The highest BCUT2D eigenvalue weighted by Crippen LogP contribution is 2.28. The van der Waals surface area contributed by atoms with Crippen LogP contribution in [0.2, 0.25) is 10.0 Å². The number of halogens is 2. The number of carbonyl (C=O) groups excluding carboxylic acids is 2. The standard InChI is InChI=1S/C15H12Cl2N6O2S4/c1-2-26-14-22-20-12(28-14)18-10(24)6-27-15-23-21-13(29-15)19-11(25)8-4-3-7(16)5-9(8)17/h3-5H,2,6H2,1H3,(H,18,20,24)(H,19,21,25). The number of carbonyl (C=O) groups is 2. The lowest BCUT2D eigenvalue weighted by molar-refractivity contribution is -0.113. The predicted molar refractivity (Wildman–Crippen MR) is 120 cm³/mol. The number of hydrogen-bond acceptors (Lipinski definition) is 10. The molecule has 2 heterocycles. The van der Waals surface area contributed by atoms with Crippen LogP contribution in [0.15, 0.2) is 26.9 Å². The summed E-state index contributed by atoms with van der Waals surface area (Å²) in [5.74, 6) is 0.363. The minimum absolute atomic E-state index is 0.126. The molecule has 0 saturated carbocycles. The van der Waals surface area contributed by atoms with Gasteiger partial charge in [0, 0.05) is 5.02 Å². The zero-order chi connectivity index (χ0) is 20.8. The van der Waals surface area contributed by atoms with Crippen molar-refractivity contribution >= 4 is 91.5 Å². The molecule has 0 aliphatic carbocycles. The van der Waals surface area contributed by atoms with Crippen molar-refractivity contribution in [2.45, 2.75) is 15.6 Å². The van der Waals surface area contributed by atoms with E-state index in [0.29, 0.717) is 19.6 Å². The normalized spacial score (nSPS) is 10.7. The Labute approximate surface area is 192 Å². The highest BCUT2D eigenvalue weighted by atomic mass is 35.5. The van der Waals surface area contributed by atoms with E-state index >= 15 is 0 Å². The molecular weight excluding hydrogens is 495 g/mol. The molecule has 2 amide bonds. The van der Waals surface area contributed by atoms with Crippen LogP contribution >= 0.6 is 69.4 Å². The Morgan fingerprint density at radius 3 is 2.31 bits per heavy atom. The largest absolute Gasteiger partial charge is 0.300 e. The van der Waals surface area contributed by atoms with Gasteiger partial charge in [0.2, 0.25) is 16.2 Å². The molecule has 14 heteroatoms. The summed E-state index contributed by atoms with van der Waals surface area (Å²) < 4.78 is 1.35. The molecule has 2 aromatic heterocycles. The second-order valence-electron chi connectivity index (χ2n) is 5.09. The Kier molecular flexibility index (Phi) is 8.09. The van der Waals surface area contributed by atoms with E-state index in [-0.39, 0.29) is 22.2 Å². The first-order valence-corrected chi connectivity index (χ1v) is 12.3. The van der Waals surface area contributed by atoms with Crippen LogP contribution in [0.25, 0.3) is 0 Å². The summed E-state index contributed by atoms with van der Waals surface area (Å²) in [5, 5.41) is 22.5. The van der Waals surface area contributed by atoms with Gasteiger partial charge in [0.1, 0.15) is 0 Å². The van der Waals surface area contributed by atoms with E-state index in [1.54, 1.807) is 17.8 Å². The second kappa shape index (κ2) is 10.5. The van der Waals surface area contributed by atoms with Gasteiger partial charge in [0.15, 0.2) is 8.68 Å². The summed E-state index contributed by atoms with van der Waals surface area (Å²) >= 11 is 17.1. The lowest BCUT2D eigenvalue weighted by atomic mass is 10.2. The maximum atomic E-state index is 12.3. The minimum atomic E-state index is -0.422. The van der Waals surface area contributed by atoms with Gasteiger partial charge in [-0.2, -0.15) is 0 Å². The van der Waals surface area contributed by atoms with Crippen LogP contribution < -0.4 is 10.6 Å². The van der Waals surface area contributed by atoms with Gasteiger partial charge in [-0.3, -0.25) is 20.2 Å². The molecule has 0 unspecified atom stereocenters. The number of benzene rings is 1. The number of rotatable bonds is 8. The van der Waals surface area contributed by atoms with Gasteiger partial charge < -0.3 is 0 Å². The van der Waals surface area contributed by atoms with Gasteiger partial charge in [0.25, 0.3) is 5.91 Å². The Balaban J connectivity index is 1.50.